The Bertz CT molecular complexity index is 3740. The number of carboxylic acid groups (broad SMARTS) is 8. The number of aromatic nitrogens is 4. The third kappa shape index (κ3) is 23.2. The van der Waals surface area contributed by atoms with Gasteiger partial charge in [-0.2, -0.15) is 0 Å². The van der Waals surface area contributed by atoms with E-state index in [4.69, 9.17) is 60.8 Å². The van der Waals surface area contributed by atoms with Gasteiger partial charge in [0.2, 0.25) is 0 Å². The smallest absolute Gasteiger partial charge is 0.328 e. The van der Waals surface area contributed by atoms with E-state index >= 15 is 0 Å². The Labute approximate surface area is 531 Å². The molecule has 0 atom stereocenters. The zero-order valence-electron chi connectivity index (χ0n) is 50.3. The van der Waals surface area contributed by atoms with Gasteiger partial charge in [-0.15, -0.1) is 0 Å². The number of benzene rings is 4. The summed E-state index contributed by atoms with van der Waals surface area (Å²) in [5, 5.41) is 67.3. The van der Waals surface area contributed by atoms with Gasteiger partial charge in [0, 0.05) is 145 Å². The van der Waals surface area contributed by atoms with Crippen LogP contribution in [0.4, 0.5) is 34.4 Å². The molecule has 93 heavy (non-hydrogen) atoms. The number of fused-ring (bicyclic) bond motifs is 8. The van der Waals surface area contributed by atoms with Crippen molar-refractivity contribution < 1.29 is 84.7 Å². The van der Waals surface area contributed by atoms with Crippen molar-refractivity contribution in [3.05, 3.63) is 229 Å². The first-order valence-corrected chi connectivity index (χ1v) is 27.3. The van der Waals surface area contributed by atoms with E-state index in [-0.39, 0.29) is 5.48 Å². The van der Waals surface area contributed by atoms with Gasteiger partial charge < -0.3 is 65.9 Å². The Morgan fingerprint density at radius 3 is 0.968 bits per heavy atom. The fourth-order valence-corrected chi connectivity index (χ4v) is 8.47. The highest BCUT2D eigenvalue weighted by atomic mass is 16.4. The number of anilines is 4. The zero-order valence-corrected chi connectivity index (χ0v) is 50.3. The summed E-state index contributed by atoms with van der Waals surface area (Å²) in [7, 11) is 8.38. The number of aliphatic carboxylic acids is 8. The van der Waals surface area contributed by atoms with E-state index in [1.54, 1.807) is 12.4 Å². The van der Waals surface area contributed by atoms with Gasteiger partial charge in [-0.1, -0.05) is 72.8 Å². The average molecular weight is 1270 g/mol. The molecule has 0 aliphatic carbocycles. The molecule has 0 radical (unpaired) electrons. The van der Waals surface area contributed by atoms with Gasteiger partial charge in [-0.3, -0.25) is 9.97 Å². The number of hydrogen-bond acceptors (Lipinski definition) is 18. The second-order valence-corrected chi connectivity index (χ2v) is 19.4. The second kappa shape index (κ2) is 36.8. The van der Waals surface area contributed by atoms with Crippen molar-refractivity contribution in [2.75, 3.05) is 64.2 Å². The van der Waals surface area contributed by atoms with Gasteiger partial charge in [0.25, 0.3) is 0 Å². The summed E-state index contributed by atoms with van der Waals surface area (Å²) in [6, 6.07) is 41.8. The van der Waals surface area contributed by atoms with Crippen LogP contribution in [0.15, 0.2) is 217 Å². The van der Waals surface area contributed by atoms with Gasteiger partial charge in [-0.05, 0) is 87.5 Å². The number of pyridine rings is 4. The first-order valence-electron chi connectivity index (χ1n) is 27.3. The highest BCUT2D eigenvalue weighted by Gasteiger charge is 2.29. The molecule has 4 aromatic carbocycles. The predicted molar refractivity (Wildman–Crippen MR) is 348 cm³/mol. The lowest BCUT2D eigenvalue weighted by molar-refractivity contribution is -0.134. The number of carboxylic acids is 8. The molecule has 0 amide bonds. The molecule has 2 aliphatic rings. The molecular weight excluding hydrogens is 1200 g/mol. The van der Waals surface area contributed by atoms with Crippen LogP contribution in [0.3, 0.4) is 0 Å². The molecule has 10 N–H and O–H groups in total. The number of hydrogen-bond donors (Lipinski definition) is 8. The Morgan fingerprint density at radius 1 is 0.387 bits per heavy atom. The van der Waals surface area contributed by atoms with Crippen LogP contribution >= 0.6 is 0 Å². The van der Waals surface area contributed by atoms with Crippen LogP contribution in [-0.2, 0) is 38.4 Å². The minimum absolute atomic E-state index is 0. The molecule has 0 fully saturated rings. The SMILES string of the molecule is CN(C)CCN1c2ncccc2N=C(c2cccnc2)c2ccc3ccccc3c21.CN(C)CCN1c2ncccc2N=C(c2cccnc2)c2ccc3ccccc3c21.O.O=C(O)/C=C/C(=O)O.O=C(O)/C=C/C(=O)O.O=C(O)/C=C/C(=O)O.O=C(O)/C=C/C(=O)O. The number of nitrogens with zero attached hydrogens (tertiary/aromatic N) is 10. The zero-order chi connectivity index (χ0) is 67.3. The first kappa shape index (κ1) is 73.0. The lowest BCUT2D eigenvalue weighted by Crippen LogP contribution is -2.29. The Morgan fingerprint density at radius 2 is 0.688 bits per heavy atom. The van der Waals surface area contributed by atoms with Crippen molar-refractivity contribution in [2.24, 2.45) is 9.98 Å². The summed E-state index contributed by atoms with van der Waals surface area (Å²) in [4.78, 5) is 114. The molecule has 6 heterocycles. The molecule has 0 bridgehead atoms. The number of aliphatic imine (C=N–C) groups is 2. The van der Waals surface area contributed by atoms with Crippen LogP contribution in [0.1, 0.15) is 22.3 Å². The van der Waals surface area contributed by atoms with Crippen molar-refractivity contribution in [3.63, 3.8) is 0 Å². The van der Waals surface area contributed by atoms with Crippen LogP contribution in [-0.4, -0.2) is 190 Å². The second-order valence-electron chi connectivity index (χ2n) is 19.4. The van der Waals surface area contributed by atoms with Gasteiger partial charge in [0.1, 0.15) is 11.4 Å². The van der Waals surface area contributed by atoms with Crippen molar-refractivity contribution in [3.8, 4) is 0 Å². The molecule has 10 rings (SSSR count). The number of rotatable bonds is 16. The van der Waals surface area contributed by atoms with E-state index in [0.29, 0.717) is 48.6 Å². The Kier molecular flexibility index (Phi) is 28.9. The molecule has 27 heteroatoms. The third-order valence-electron chi connectivity index (χ3n) is 12.2. The Balaban J connectivity index is 0.000000270. The molecule has 0 saturated carbocycles. The molecular formula is C66H64N10O17. The maximum absolute atomic E-state index is 9.55. The maximum Gasteiger partial charge on any atom is 0.328 e. The van der Waals surface area contributed by atoms with E-state index < -0.39 is 47.8 Å². The highest BCUT2D eigenvalue weighted by Crippen LogP contribution is 2.44. The first-order chi connectivity index (χ1) is 43.9. The van der Waals surface area contributed by atoms with E-state index in [0.717, 1.165) is 94.2 Å². The van der Waals surface area contributed by atoms with Crippen LogP contribution < -0.4 is 9.80 Å². The van der Waals surface area contributed by atoms with Gasteiger partial charge in [-0.25, -0.2) is 58.3 Å². The van der Waals surface area contributed by atoms with E-state index in [2.05, 4.69) is 143 Å². The molecule has 4 aromatic heterocycles. The minimum atomic E-state index is -1.26. The summed E-state index contributed by atoms with van der Waals surface area (Å²) >= 11 is 0. The van der Waals surface area contributed by atoms with Gasteiger partial charge in [0.15, 0.2) is 11.6 Å². The summed E-state index contributed by atoms with van der Waals surface area (Å²) < 4.78 is 0. The quantitative estimate of drug-likeness (QED) is 0.0430. The van der Waals surface area contributed by atoms with E-state index in [9.17, 15) is 38.4 Å². The monoisotopic (exact) mass is 1270 g/mol. The molecule has 27 nitrogen and oxygen atoms in total. The predicted octanol–water partition coefficient (Wildman–Crippen LogP) is 7.65. The van der Waals surface area contributed by atoms with Crippen molar-refractivity contribution in [1.82, 2.24) is 29.7 Å². The van der Waals surface area contributed by atoms with Crippen molar-refractivity contribution >= 4 is 115 Å². The largest absolute Gasteiger partial charge is 0.478 e. The molecule has 0 unspecified atom stereocenters. The Hall–Kier alpha value is -12.5. The van der Waals surface area contributed by atoms with Crippen LogP contribution in [0.25, 0.3) is 21.5 Å². The normalized spacial score (nSPS) is 11.7. The lowest BCUT2D eigenvalue weighted by atomic mass is 9.96. The fourth-order valence-electron chi connectivity index (χ4n) is 8.47. The topological polar surface area (TPSA) is 419 Å². The molecule has 480 valence electrons. The van der Waals surface area contributed by atoms with E-state index in [1.807, 2.05) is 61.2 Å². The summed E-state index contributed by atoms with van der Waals surface area (Å²) in [5.41, 5.74) is 10.1. The summed E-state index contributed by atoms with van der Waals surface area (Å²) in [6.45, 7) is 3.43. The van der Waals surface area contributed by atoms with Gasteiger partial charge in [0.05, 0.1) is 22.8 Å². The fraction of sp³-hybridized carbons (Fsp3) is 0.121. The summed E-state index contributed by atoms with van der Waals surface area (Å²) in [5.74, 6) is -8.29. The number of likely N-dealkylation sites (N-methyl/N-ethyl adjacent to an activating group) is 2. The highest BCUT2D eigenvalue weighted by molar-refractivity contribution is 6.23. The molecule has 0 saturated heterocycles. The molecule has 2 aliphatic heterocycles. The molecule has 8 aromatic rings. The lowest BCUT2D eigenvalue weighted by Gasteiger charge is -2.28. The minimum Gasteiger partial charge on any atom is -0.478 e. The third-order valence-corrected chi connectivity index (χ3v) is 12.2. The van der Waals surface area contributed by atoms with E-state index in [1.165, 1.54) is 21.5 Å². The van der Waals surface area contributed by atoms with Crippen molar-refractivity contribution in [2.45, 2.75) is 0 Å². The van der Waals surface area contributed by atoms with Gasteiger partial charge >= 0.3 is 47.8 Å². The van der Waals surface area contributed by atoms with Crippen LogP contribution in [0.5, 0.6) is 0 Å². The van der Waals surface area contributed by atoms with Crippen LogP contribution in [0, 0.1) is 0 Å². The molecule has 0 spiro atoms. The average Bonchev–Trinajstić information content (AvgIpc) is 1.69. The van der Waals surface area contributed by atoms with Crippen LogP contribution in [0.2, 0.25) is 0 Å². The standard InChI is InChI=1S/2C25H23N5.4C4H4O4.H2O/c2*1-29(2)15-16-30-24-20-9-4-3-7-18(20)11-12-21(24)23(19-8-5-13-26-17-19)28-22-10-6-14-27-25(22)30;4*5-3(6)1-2-4(7)8;/h2*3-14,17H,15-16H2,1-2H3;4*1-2H,(H,5,6)(H,7,8);1H2/b;;4*2-1+;. The maximum atomic E-state index is 9.55. The summed E-state index contributed by atoms with van der Waals surface area (Å²) in [6.07, 6.45) is 15.5. The number of carbonyl (C=O) groups is 8. The van der Waals surface area contributed by atoms with Crippen molar-refractivity contribution in [1.29, 1.82) is 0 Å².